The lowest BCUT2D eigenvalue weighted by Crippen LogP contribution is -2.31. The summed E-state index contributed by atoms with van der Waals surface area (Å²) in [5, 5.41) is 2.09. The summed E-state index contributed by atoms with van der Waals surface area (Å²) in [5.41, 5.74) is 0.846. The number of likely N-dealkylation sites (N-methyl/N-ethyl adjacent to an activating group) is 1. The van der Waals surface area contributed by atoms with Crippen LogP contribution in [-0.2, 0) is 4.79 Å². The van der Waals surface area contributed by atoms with Gasteiger partial charge in [-0.3, -0.25) is 4.79 Å². The standard InChI is InChI=1S/C20H19NO2/c1-21(2)20(22)19(16-10-4-3-5-11-16)23-18-14-8-12-15-9-6-7-13-17(15)18/h3-14,19H,1-2H3/t19-/m0/s1. The van der Waals surface area contributed by atoms with E-state index in [1.165, 1.54) is 0 Å². The molecule has 3 aromatic carbocycles. The van der Waals surface area contributed by atoms with Crippen LogP contribution in [0.2, 0.25) is 0 Å². The van der Waals surface area contributed by atoms with E-state index in [9.17, 15) is 4.79 Å². The average molecular weight is 305 g/mol. The van der Waals surface area contributed by atoms with Crippen molar-refractivity contribution in [1.82, 2.24) is 4.90 Å². The fourth-order valence-corrected chi connectivity index (χ4v) is 2.55. The lowest BCUT2D eigenvalue weighted by atomic mass is 10.1. The topological polar surface area (TPSA) is 29.5 Å². The number of benzene rings is 3. The lowest BCUT2D eigenvalue weighted by molar-refractivity contribution is -0.136. The van der Waals surface area contributed by atoms with Gasteiger partial charge in [0.05, 0.1) is 0 Å². The summed E-state index contributed by atoms with van der Waals surface area (Å²) in [5.74, 6) is 0.635. The summed E-state index contributed by atoms with van der Waals surface area (Å²) in [6, 6.07) is 23.5. The number of ether oxygens (including phenoxy) is 1. The van der Waals surface area contributed by atoms with Gasteiger partial charge < -0.3 is 9.64 Å². The minimum atomic E-state index is -0.656. The van der Waals surface area contributed by atoms with E-state index in [1.54, 1.807) is 19.0 Å². The van der Waals surface area contributed by atoms with Gasteiger partial charge in [-0.1, -0.05) is 66.7 Å². The van der Waals surface area contributed by atoms with Crippen molar-refractivity contribution in [2.75, 3.05) is 14.1 Å². The average Bonchev–Trinajstić information content (AvgIpc) is 2.60. The van der Waals surface area contributed by atoms with Gasteiger partial charge in [0, 0.05) is 25.0 Å². The largest absolute Gasteiger partial charge is 0.475 e. The van der Waals surface area contributed by atoms with Crippen molar-refractivity contribution in [1.29, 1.82) is 0 Å². The Hall–Kier alpha value is -2.81. The molecule has 0 aromatic heterocycles. The van der Waals surface area contributed by atoms with Crippen molar-refractivity contribution < 1.29 is 9.53 Å². The van der Waals surface area contributed by atoms with Crippen LogP contribution in [0.1, 0.15) is 11.7 Å². The molecular formula is C20H19NO2. The van der Waals surface area contributed by atoms with Crippen LogP contribution in [0.4, 0.5) is 0 Å². The number of hydrogen-bond donors (Lipinski definition) is 0. The molecular weight excluding hydrogens is 286 g/mol. The monoisotopic (exact) mass is 305 g/mol. The van der Waals surface area contributed by atoms with Crippen molar-refractivity contribution in [3.05, 3.63) is 78.4 Å². The zero-order valence-electron chi connectivity index (χ0n) is 13.3. The molecule has 3 nitrogen and oxygen atoms in total. The highest BCUT2D eigenvalue weighted by molar-refractivity contribution is 5.89. The molecule has 3 heteroatoms. The number of nitrogens with zero attached hydrogens (tertiary/aromatic N) is 1. The first-order chi connectivity index (χ1) is 11.2. The fraction of sp³-hybridized carbons (Fsp3) is 0.150. The highest BCUT2D eigenvalue weighted by Crippen LogP contribution is 2.30. The van der Waals surface area contributed by atoms with E-state index in [0.29, 0.717) is 5.75 Å². The minimum Gasteiger partial charge on any atom is -0.475 e. The van der Waals surface area contributed by atoms with Crippen molar-refractivity contribution >= 4 is 16.7 Å². The molecule has 23 heavy (non-hydrogen) atoms. The Morgan fingerprint density at radius 3 is 2.26 bits per heavy atom. The van der Waals surface area contributed by atoms with E-state index >= 15 is 0 Å². The van der Waals surface area contributed by atoms with Gasteiger partial charge in [0.25, 0.3) is 5.91 Å². The Morgan fingerprint density at radius 1 is 0.870 bits per heavy atom. The van der Waals surface area contributed by atoms with Crippen LogP contribution >= 0.6 is 0 Å². The van der Waals surface area contributed by atoms with Gasteiger partial charge in [-0.25, -0.2) is 0 Å². The summed E-state index contributed by atoms with van der Waals surface area (Å²) in [6.07, 6.45) is -0.656. The van der Waals surface area contributed by atoms with Crippen molar-refractivity contribution in [3.8, 4) is 5.75 Å². The van der Waals surface area contributed by atoms with Crippen LogP contribution in [0.15, 0.2) is 72.8 Å². The predicted octanol–water partition coefficient (Wildman–Crippen LogP) is 4.05. The molecule has 0 heterocycles. The second-order valence-electron chi connectivity index (χ2n) is 5.62. The van der Waals surface area contributed by atoms with E-state index in [-0.39, 0.29) is 5.91 Å². The Bertz CT molecular complexity index is 807. The summed E-state index contributed by atoms with van der Waals surface area (Å²) in [4.78, 5) is 14.1. The SMILES string of the molecule is CN(C)C(=O)[C@@H](Oc1cccc2ccccc12)c1ccccc1. The van der Waals surface area contributed by atoms with Crippen LogP contribution in [0, 0.1) is 0 Å². The van der Waals surface area contributed by atoms with Gasteiger partial charge in [-0.15, -0.1) is 0 Å². The predicted molar refractivity (Wildman–Crippen MR) is 92.5 cm³/mol. The van der Waals surface area contributed by atoms with E-state index in [4.69, 9.17) is 4.74 Å². The summed E-state index contributed by atoms with van der Waals surface area (Å²) in [6.45, 7) is 0. The Balaban J connectivity index is 2.02. The van der Waals surface area contributed by atoms with E-state index in [1.807, 2.05) is 72.8 Å². The third kappa shape index (κ3) is 3.19. The normalized spacial score (nSPS) is 11.9. The number of fused-ring (bicyclic) bond motifs is 1. The maximum Gasteiger partial charge on any atom is 0.267 e. The van der Waals surface area contributed by atoms with E-state index in [2.05, 4.69) is 0 Å². The van der Waals surface area contributed by atoms with Gasteiger partial charge in [0.2, 0.25) is 6.10 Å². The molecule has 0 unspecified atom stereocenters. The first-order valence-corrected chi connectivity index (χ1v) is 7.57. The molecule has 0 N–H and O–H groups in total. The van der Waals surface area contributed by atoms with Crippen molar-refractivity contribution in [3.63, 3.8) is 0 Å². The maximum absolute atomic E-state index is 12.6. The Morgan fingerprint density at radius 2 is 1.52 bits per heavy atom. The molecule has 3 rings (SSSR count). The first-order valence-electron chi connectivity index (χ1n) is 7.57. The molecule has 1 atom stereocenters. The number of carbonyl (C=O) groups excluding carboxylic acids is 1. The van der Waals surface area contributed by atoms with Gasteiger partial charge >= 0.3 is 0 Å². The van der Waals surface area contributed by atoms with Crippen molar-refractivity contribution in [2.45, 2.75) is 6.10 Å². The highest BCUT2D eigenvalue weighted by atomic mass is 16.5. The van der Waals surface area contributed by atoms with Crippen LogP contribution in [0.25, 0.3) is 10.8 Å². The third-order valence-corrected chi connectivity index (χ3v) is 3.76. The third-order valence-electron chi connectivity index (χ3n) is 3.76. The van der Waals surface area contributed by atoms with Gasteiger partial charge in [0.1, 0.15) is 5.75 Å². The molecule has 0 spiro atoms. The molecule has 0 bridgehead atoms. The van der Waals surface area contributed by atoms with Gasteiger partial charge in [0.15, 0.2) is 0 Å². The number of hydrogen-bond acceptors (Lipinski definition) is 2. The van der Waals surface area contributed by atoms with Crippen LogP contribution in [0.3, 0.4) is 0 Å². The summed E-state index contributed by atoms with van der Waals surface area (Å²) < 4.78 is 6.15. The zero-order valence-corrected chi connectivity index (χ0v) is 13.3. The second kappa shape index (κ2) is 6.53. The molecule has 0 fully saturated rings. The van der Waals surface area contributed by atoms with Crippen molar-refractivity contribution in [2.24, 2.45) is 0 Å². The van der Waals surface area contributed by atoms with Crippen LogP contribution in [0.5, 0.6) is 5.75 Å². The van der Waals surface area contributed by atoms with E-state index < -0.39 is 6.10 Å². The molecule has 0 aliphatic heterocycles. The number of rotatable bonds is 4. The minimum absolute atomic E-state index is 0.0795. The molecule has 0 aliphatic carbocycles. The quantitative estimate of drug-likeness (QED) is 0.728. The molecule has 0 aliphatic rings. The Labute approximate surface area is 136 Å². The van der Waals surface area contributed by atoms with Crippen LogP contribution in [-0.4, -0.2) is 24.9 Å². The highest BCUT2D eigenvalue weighted by Gasteiger charge is 2.24. The maximum atomic E-state index is 12.6. The Kier molecular flexibility index (Phi) is 4.29. The first kappa shape index (κ1) is 15.1. The van der Waals surface area contributed by atoms with Crippen LogP contribution < -0.4 is 4.74 Å². The summed E-state index contributed by atoms with van der Waals surface area (Å²) >= 11 is 0. The molecule has 0 saturated carbocycles. The molecule has 0 radical (unpaired) electrons. The molecule has 0 saturated heterocycles. The molecule has 1 amide bonds. The zero-order chi connectivity index (χ0) is 16.2. The number of amides is 1. The van der Waals surface area contributed by atoms with E-state index in [0.717, 1.165) is 16.3 Å². The van der Waals surface area contributed by atoms with Gasteiger partial charge in [-0.05, 0) is 11.5 Å². The lowest BCUT2D eigenvalue weighted by Gasteiger charge is -2.23. The number of carbonyl (C=O) groups is 1. The fourth-order valence-electron chi connectivity index (χ4n) is 2.55. The molecule has 3 aromatic rings. The van der Waals surface area contributed by atoms with Gasteiger partial charge in [-0.2, -0.15) is 0 Å². The molecule has 116 valence electrons. The second-order valence-corrected chi connectivity index (χ2v) is 5.62. The smallest absolute Gasteiger partial charge is 0.267 e. The summed E-state index contributed by atoms with van der Waals surface area (Å²) in [7, 11) is 3.48.